The van der Waals surface area contributed by atoms with Crippen molar-refractivity contribution in [2.45, 2.75) is 25.6 Å². The van der Waals surface area contributed by atoms with Gasteiger partial charge in [-0.2, -0.15) is 13.2 Å². The van der Waals surface area contributed by atoms with Gasteiger partial charge < -0.3 is 9.88 Å². The molecule has 152 valence electrons. The lowest BCUT2D eigenvalue weighted by molar-refractivity contribution is -0.137. The standard InChI is InChI=1S/C19H16ClF3N4O2/c20-14-4-3-11(7-13(14)19(21,22)23)12-8-24-17-16(12)18(29)27(10-25-17)9-15(28)26-5-1-2-6-26/h3-4,7-8,10,24H,1-2,5-6,9H2. The molecule has 1 aliphatic heterocycles. The number of aromatic nitrogens is 3. The molecule has 1 saturated heterocycles. The van der Waals surface area contributed by atoms with Crippen LogP contribution in [0, 0.1) is 0 Å². The van der Waals surface area contributed by atoms with Gasteiger partial charge >= 0.3 is 6.18 Å². The Balaban J connectivity index is 1.77. The predicted molar refractivity (Wildman–Crippen MR) is 102 cm³/mol. The second kappa shape index (κ2) is 7.22. The number of halogens is 4. The van der Waals surface area contributed by atoms with E-state index in [1.54, 1.807) is 4.90 Å². The van der Waals surface area contributed by atoms with Crippen LogP contribution in [0.1, 0.15) is 18.4 Å². The number of alkyl halides is 3. The maximum atomic E-state index is 13.2. The monoisotopic (exact) mass is 424 g/mol. The lowest BCUT2D eigenvalue weighted by atomic mass is 10.0. The van der Waals surface area contributed by atoms with Crippen molar-refractivity contribution < 1.29 is 18.0 Å². The highest BCUT2D eigenvalue weighted by Gasteiger charge is 2.33. The molecular formula is C19H16ClF3N4O2. The summed E-state index contributed by atoms with van der Waals surface area (Å²) >= 11 is 5.69. The zero-order valence-electron chi connectivity index (χ0n) is 15.1. The third kappa shape index (κ3) is 3.62. The van der Waals surface area contributed by atoms with Crippen molar-refractivity contribution in [3.05, 3.63) is 51.7 Å². The van der Waals surface area contributed by atoms with E-state index in [9.17, 15) is 22.8 Å². The maximum Gasteiger partial charge on any atom is 0.417 e. The Morgan fingerprint density at radius 3 is 2.66 bits per heavy atom. The van der Waals surface area contributed by atoms with Crippen LogP contribution in [0.2, 0.25) is 5.02 Å². The van der Waals surface area contributed by atoms with E-state index in [0.717, 1.165) is 25.0 Å². The van der Waals surface area contributed by atoms with Crippen molar-refractivity contribution in [1.82, 2.24) is 19.4 Å². The average molecular weight is 425 g/mol. The number of benzene rings is 1. The van der Waals surface area contributed by atoms with Crippen molar-refractivity contribution in [3.8, 4) is 11.1 Å². The van der Waals surface area contributed by atoms with Crippen LogP contribution in [0.5, 0.6) is 0 Å². The number of amides is 1. The zero-order chi connectivity index (χ0) is 20.8. The molecule has 0 atom stereocenters. The van der Waals surface area contributed by atoms with Crippen LogP contribution in [-0.4, -0.2) is 38.4 Å². The van der Waals surface area contributed by atoms with Gasteiger partial charge in [-0.15, -0.1) is 0 Å². The van der Waals surface area contributed by atoms with Gasteiger partial charge in [-0.1, -0.05) is 17.7 Å². The summed E-state index contributed by atoms with van der Waals surface area (Å²) in [6, 6.07) is 3.45. The Kier molecular flexibility index (Phi) is 4.85. The van der Waals surface area contributed by atoms with Gasteiger partial charge in [0.05, 0.1) is 16.0 Å². The maximum absolute atomic E-state index is 13.2. The Bertz CT molecular complexity index is 1150. The summed E-state index contributed by atoms with van der Waals surface area (Å²) in [6.07, 6.45) is -0.0766. The number of rotatable bonds is 3. The van der Waals surface area contributed by atoms with Gasteiger partial charge in [-0.25, -0.2) is 4.98 Å². The molecule has 1 amide bonds. The molecule has 1 aromatic carbocycles. The van der Waals surface area contributed by atoms with Crippen molar-refractivity contribution in [2.75, 3.05) is 13.1 Å². The van der Waals surface area contributed by atoms with Gasteiger partial charge in [-0.3, -0.25) is 14.2 Å². The number of carbonyl (C=O) groups excluding carboxylic acids is 1. The van der Waals surface area contributed by atoms with E-state index in [1.165, 1.54) is 23.2 Å². The Morgan fingerprint density at radius 1 is 1.24 bits per heavy atom. The van der Waals surface area contributed by atoms with Crippen LogP contribution >= 0.6 is 11.6 Å². The number of likely N-dealkylation sites (tertiary alicyclic amines) is 1. The molecule has 0 aliphatic carbocycles. The highest BCUT2D eigenvalue weighted by Crippen LogP contribution is 2.38. The average Bonchev–Trinajstić information content (AvgIpc) is 3.33. The van der Waals surface area contributed by atoms with Crippen LogP contribution in [0.3, 0.4) is 0 Å². The molecule has 6 nitrogen and oxygen atoms in total. The number of hydrogen-bond acceptors (Lipinski definition) is 3. The fourth-order valence-electron chi connectivity index (χ4n) is 3.52. The number of fused-ring (bicyclic) bond motifs is 1. The second-order valence-electron chi connectivity index (χ2n) is 6.88. The molecule has 29 heavy (non-hydrogen) atoms. The summed E-state index contributed by atoms with van der Waals surface area (Å²) in [4.78, 5) is 34.0. The summed E-state index contributed by atoms with van der Waals surface area (Å²) in [5.74, 6) is -0.186. The fourth-order valence-corrected chi connectivity index (χ4v) is 3.74. The van der Waals surface area contributed by atoms with Crippen molar-refractivity contribution >= 4 is 28.5 Å². The Morgan fingerprint density at radius 2 is 1.97 bits per heavy atom. The van der Waals surface area contributed by atoms with Gasteiger partial charge in [0.1, 0.15) is 18.5 Å². The van der Waals surface area contributed by atoms with Crippen molar-refractivity contribution in [2.24, 2.45) is 0 Å². The number of aromatic amines is 1. The number of hydrogen-bond donors (Lipinski definition) is 1. The highest BCUT2D eigenvalue weighted by molar-refractivity contribution is 6.31. The van der Waals surface area contributed by atoms with Crippen LogP contribution in [0.15, 0.2) is 35.5 Å². The van der Waals surface area contributed by atoms with Crippen LogP contribution in [0.25, 0.3) is 22.2 Å². The molecule has 3 aromatic rings. The fraction of sp³-hybridized carbons (Fsp3) is 0.316. The molecule has 1 fully saturated rings. The smallest absolute Gasteiger partial charge is 0.345 e. The molecule has 1 aliphatic rings. The molecule has 0 spiro atoms. The Labute approximate surface area is 167 Å². The summed E-state index contributed by atoms with van der Waals surface area (Å²) in [5, 5.41) is -0.301. The van der Waals surface area contributed by atoms with Crippen LogP contribution in [-0.2, 0) is 17.5 Å². The van der Waals surface area contributed by atoms with E-state index < -0.39 is 22.3 Å². The minimum absolute atomic E-state index is 0.122. The lowest BCUT2D eigenvalue weighted by Gasteiger charge is -2.15. The summed E-state index contributed by atoms with van der Waals surface area (Å²) < 4.78 is 40.8. The van der Waals surface area contributed by atoms with E-state index in [1.807, 2.05) is 0 Å². The predicted octanol–water partition coefficient (Wildman–Crippen LogP) is 3.69. The summed E-state index contributed by atoms with van der Waals surface area (Å²) in [6.45, 7) is 1.15. The third-order valence-corrected chi connectivity index (χ3v) is 5.34. The van der Waals surface area contributed by atoms with Gasteiger partial charge in [0.25, 0.3) is 5.56 Å². The first-order valence-corrected chi connectivity index (χ1v) is 9.35. The van der Waals surface area contributed by atoms with E-state index >= 15 is 0 Å². The van der Waals surface area contributed by atoms with E-state index in [4.69, 9.17) is 11.6 Å². The molecular weight excluding hydrogens is 409 g/mol. The molecule has 0 unspecified atom stereocenters. The number of nitrogens with zero attached hydrogens (tertiary/aromatic N) is 3. The molecule has 3 heterocycles. The molecule has 2 aromatic heterocycles. The number of carbonyl (C=O) groups is 1. The largest absolute Gasteiger partial charge is 0.417 e. The molecule has 0 saturated carbocycles. The zero-order valence-corrected chi connectivity index (χ0v) is 15.8. The number of nitrogens with one attached hydrogen (secondary N) is 1. The van der Waals surface area contributed by atoms with Crippen molar-refractivity contribution in [1.29, 1.82) is 0 Å². The SMILES string of the molecule is O=C(Cn1cnc2[nH]cc(-c3ccc(Cl)c(C(F)(F)F)c3)c2c1=O)N1CCCC1. The minimum Gasteiger partial charge on any atom is -0.345 e. The second-order valence-corrected chi connectivity index (χ2v) is 7.29. The van der Waals surface area contributed by atoms with Gasteiger partial charge in [-0.05, 0) is 30.5 Å². The summed E-state index contributed by atoms with van der Waals surface area (Å²) in [5.41, 5.74) is -0.807. The minimum atomic E-state index is -4.63. The molecule has 1 N–H and O–H groups in total. The molecule has 0 radical (unpaired) electrons. The van der Waals surface area contributed by atoms with E-state index in [2.05, 4.69) is 9.97 Å². The first-order valence-electron chi connectivity index (χ1n) is 8.97. The Hall–Kier alpha value is -2.81. The van der Waals surface area contributed by atoms with Gasteiger partial charge in [0.15, 0.2) is 0 Å². The first-order chi connectivity index (χ1) is 13.8. The molecule has 4 rings (SSSR count). The van der Waals surface area contributed by atoms with Gasteiger partial charge in [0, 0.05) is 24.8 Å². The quantitative estimate of drug-likeness (QED) is 0.697. The van der Waals surface area contributed by atoms with E-state index in [-0.39, 0.29) is 34.6 Å². The highest BCUT2D eigenvalue weighted by atomic mass is 35.5. The first kappa shape index (κ1) is 19.5. The summed E-state index contributed by atoms with van der Waals surface area (Å²) in [7, 11) is 0. The van der Waals surface area contributed by atoms with Gasteiger partial charge in [0.2, 0.25) is 5.91 Å². The molecule has 0 bridgehead atoms. The molecule has 10 heteroatoms. The lowest BCUT2D eigenvalue weighted by Crippen LogP contribution is -2.34. The topological polar surface area (TPSA) is 71.0 Å². The number of H-pyrrole nitrogens is 1. The van der Waals surface area contributed by atoms with Crippen LogP contribution in [0.4, 0.5) is 13.2 Å². The van der Waals surface area contributed by atoms with Crippen LogP contribution < -0.4 is 5.56 Å². The van der Waals surface area contributed by atoms with Crippen molar-refractivity contribution in [3.63, 3.8) is 0 Å². The normalized spacial score (nSPS) is 14.7. The van der Waals surface area contributed by atoms with E-state index in [0.29, 0.717) is 13.1 Å². The third-order valence-electron chi connectivity index (χ3n) is 5.01.